The molecule has 2 aromatic heterocycles. The molecule has 128 valence electrons. The second-order valence-corrected chi connectivity index (χ2v) is 6.64. The van der Waals surface area contributed by atoms with Crippen molar-refractivity contribution in [2.45, 2.75) is 18.8 Å². The predicted octanol–water partition coefficient (Wildman–Crippen LogP) is 3.24. The second kappa shape index (κ2) is 5.36. The first-order valence-corrected chi connectivity index (χ1v) is 8.45. The summed E-state index contributed by atoms with van der Waals surface area (Å²) >= 11 is 0. The van der Waals surface area contributed by atoms with E-state index in [1.54, 1.807) is 12.3 Å². The molecule has 1 aliphatic rings. The number of rotatable bonds is 2. The number of hydrogen-bond acceptors (Lipinski definition) is 3. The minimum atomic E-state index is -0.612. The van der Waals surface area contributed by atoms with E-state index in [1.165, 1.54) is 12.3 Å². The summed E-state index contributed by atoms with van der Waals surface area (Å²) in [6, 6.07) is 10.2. The number of H-pyrrole nitrogens is 1. The lowest BCUT2D eigenvalue weighted by molar-refractivity contribution is 0.612. The van der Waals surface area contributed by atoms with Gasteiger partial charge in [-0.25, -0.2) is 13.8 Å². The molecule has 0 unspecified atom stereocenters. The van der Waals surface area contributed by atoms with E-state index in [2.05, 4.69) is 9.97 Å². The zero-order valence-electron chi connectivity index (χ0n) is 13.7. The van der Waals surface area contributed by atoms with Crippen molar-refractivity contribution in [3.63, 3.8) is 0 Å². The summed E-state index contributed by atoms with van der Waals surface area (Å²) in [5.74, 6) is -0.210. The fraction of sp³-hybridized carbons (Fsp3) is 0.150. The Bertz CT molecular complexity index is 1300. The van der Waals surface area contributed by atoms with Gasteiger partial charge in [0.2, 0.25) is 0 Å². The lowest BCUT2D eigenvalue weighted by Gasteiger charge is -2.10. The van der Waals surface area contributed by atoms with Gasteiger partial charge in [-0.2, -0.15) is 0 Å². The minimum Gasteiger partial charge on any atom is -0.306 e. The highest BCUT2D eigenvalue weighted by atomic mass is 19.1. The van der Waals surface area contributed by atoms with E-state index < -0.39 is 11.2 Å². The fourth-order valence-corrected chi connectivity index (χ4v) is 3.46. The zero-order valence-corrected chi connectivity index (χ0v) is 13.7. The lowest BCUT2D eigenvalue weighted by Crippen LogP contribution is -2.34. The van der Waals surface area contributed by atoms with Gasteiger partial charge in [-0.1, -0.05) is 24.3 Å². The molecule has 1 saturated carbocycles. The standard InChI is InChI=1S/C20H14FN3O2/c21-16-8-17-15(7-14(16)11-5-6-11)19(25)24(20(26)23-17)18-10-22-9-12-3-1-2-4-13(12)18/h1-4,7-11H,5-6H2,(H,23,26). The number of aromatic amines is 1. The van der Waals surface area contributed by atoms with Crippen LogP contribution >= 0.6 is 0 Å². The molecule has 1 aliphatic carbocycles. The van der Waals surface area contributed by atoms with Crippen LogP contribution in [0.4, 0.5) is 4.39 Å². The largest absolute Gasteiger partial charge is 0.333 e. The van der Waals surface area contributed by atoms with Crippen LogP contribution in [0.5, 0.6) is 0 Å². The maximum atomic E-state index is 14.3. The molecule has 1 fully saturated rings. The highest BCUT2D eigenvalue weighted by Gasteiger charge is 2.27. The van der Waals surface area contributed by atoms with Crippen molar-refractivity contribution in [2.24, 2.45) is 0 Å². The summed E-state index contributed by atoms with van der Waals surface area (Å²) in [5.41, 5.74) is 0.0900. The van der Waals surface area contributed by atoms with E-state index in [0.717, 1.165) is 28.2 Å². The van der Waals surface area contributed by atoms with Gasteiger partial charge >= 0.3 is 5.69 Å². The van der Waals surface area contributed by atoms with Gasteiger partial charge in [-0.05, 0) is 36.5 Å². The average molecular weight is 347 g/mol. The van der Waals surface area contributed by atoms with Gasteiger partial charge in [0.05, 0.1) is 22.8 Å². The van der Waals surface area contributed by atoms with Crippen LogP contribution in [0.2, 0.25) is 0 Å². The van der Waals surface area contributed by atoms with Crippen molar-refractivity contribution < 1.29 is 4.39 Å². The van der Waals surface area contributed by atoms with Crippen molar-refractivity contribution in [1.82, 2.24) is 14.5 Å². The molecule has 0 aliphatic heterocycles. The van der Waals surface area contributed by atoms with Crippen LogP contribution in [0.25, 0.3) is 27.4 Å². The summed E-state index contributed by atoms with van der Waals surface area (Å²) in [6.07, 6.45) is 5.02. The van der Waals surface area contributed by atoms with E-state index in [1.807, 2.05) is 24.3 Å². The number of nitrogens with zero attached hydrogens (tertiary/aromatic N) is 2. The summed E-state index contributed by atoms with van der Waals surface area (Å²) in [5, 5.41) is 1.88. The molecule has 0 saturated heterocycles. The number of benzene rings is 2. The Balaban J connectivity index is 1.87. The first-order valence-electron chi connectivity index (χ1n) is 8.45. The summed E-state index contributed by atoms with van der Waals surface area (Å²) in [6.45, 7) is 0. The summed E-state index contributed by atoms with van der Waals surface area (Å²) in [7, 11) is 0. The number of hydrogen-bond donors (Lipinski definition) is 1. The Kier molecular flexibility index (Phi) is 3.09. The van der Waals surface area contributed by atoms with E-state index in [-0.39, 0.29) is 17.3 Å². The second-order valence-electron chi connectivity index (χ2n) is 6.64. The van der Waals surface area contributed by atoms with Crippen LogP contribution in [0, 0.1) is 5.82 Å². The topological polar surface area (TPSA) is 67.8 Å². The van der Waals surface area contributed by atoms with Crippen LogP contribution in [0.15, 0.2) is 58.4 Å². The summed E-state index contributed by atoms with van der Waals surface area (Å²) < 4.78 is 15.3. The van der Waals surface area contributed by atoms with Gasteiger partial charge in [-0.3, -0.25) is 9.78 Å². The predicted molar refractivity (Wildman–Crippen MR) is 97.4 cm³/mol. The van der Waals surface area contributed by atoms with Crippen molar-refractivity contribution >= 4 is 21.7 Å². The molecule has 6 heteroatoms. The van der Waals surface area contributed by atoms with Crippen LogP contribution in [0.1, 0.15) is 24.3 Å². The van der Waals surface area contributed by atoms with E-state index in [0.29, 0.717) is 16.6 Å². The van der Waals surface area contributed by atoms with Crippen molar-refractivity contribution in [3.05, 3.63) is 81.0 Å². The van der Waals surface area contributed by atoms with Crippen molar-refractivity contribution in [2.75, 3.05) is 0 Å². The van der Waals surface area contributed by atoms with E-state index >= 15 is 0 Å². The third-order valence-electron chi connectivity index (χ3n) is 4.92. The molecule has 0 atom stereocenters. The molecular weight excluding hydrogens is 333 g/mol. The van der Waals surface area contributed by atoms with Crippen molar-refractivity contribution in [1.29, 1.82) is 0 Å². The Morgan fingerprint density at radius 2 is 1.88 bits per heavy atom. The summed E-state index contributed by atoms with van der Waals surface area (Å²) in [4.78, 5) is 32.5. The molecule has 5 rings (SSSR count). The van der Waals surface area contributed by atoms with E-state index in [9.17, 15) is 14.0 Å². The van der Waals surface area contributed by atoms with Crippen LogP contribution in [-0.2, 0) is 0 Å². The number of halogens is 1. The molecule has 0 amide bonds. The number of aromatic nitrogens is 3. The zero-order chi connectivity index (χ0) is 17.8. The molecule has 4 aromatic rings. The third-order valence-corrected chi connectivity index (χ3v) is 4.92. The first-order chi connectivity index (χ1) is 12.6. The third kappa shape index (κ3) is 2.19. The lowest BCUT2D eigenvalue weighted by atomic mass is 10.1. The normalized spacial score (nSPS) is 14.2. The maximum absolute atomic E-state index is 14.3. The molecule has 0 bridgehead atoms. The monoisotopic (exact) mass is 347 g/mol. The van der Waals surface area contributed by atoms with Gasteiger partial charge in [-0.15, -0.1) is 0 Å². The number of pyridine rings is 1. The maximum Gasteiger partial charge on any atom is 0.333 e. The molecule has 0 spiro atoms. The quantitative estimate of drug-likeness (QED) is 0.605. The molecule has 26 heavy (non-hydrogen) atoms. The molecule has 2 heterocycles. The van der Waals surface area contributed by atoms with Gasteiger partial charge in [0.25, 0.3) is 5.56 Å². The highest BCUT2D eigenvalue weighted by molar-refractivity contribution is 5.89. The molecular formula is C20H14FN3O2. The van der Waals surface area contributed by atoms with Crippen LogP contribution < -0.4 is 11.2 Å². The molecule has 0 radical (unpaired) electrons. The SMILES string of the molecule is O=c1[nH]c2cc(F)c(C3CC3)cc2c(=O)n1-c1cncc2ccccc12. The smallest absolute Gasteiger partial charge is 0.306 e. The Labute approximate surface area is 146 Å². The highest BCUT2D eigenvalue weighted by Crippen LogP contribution is 2.41. The Morgan fingerprint density at radius 1 is 1.08 bits per heavy atom. The molecule has 1 N–H and O–H groups in total. The fourth-order valence-electron chi connectivity index (χ4n) is 3.46. The van der Waals surface area contributed by atoms with E-state index in [4.69, 9.17) is 0 Å². The average Bonchev–Trinajstić information content (AvgIpc) is 3.46. The first kappa shape index (κ1) is 15.0. The van der Waals surface area contributed by atoms with Gasteiger partial charge in [0.1, 0.15) is 5.82 Å². The molecule has 2 aromatic carbocycles. The van der Waals surface area contributed by atoms with Gasteiger partial charge < -0.3 is 4.98 Å². The number of nitrogens with one attached hydrogen (secondary N) is 1. The van der Waals surface area contributed by atoms with Gasteiger partial charge in [0, 0.05) is 17.0 Å². The van der Waals surface area contributed by atoms with Crippen LogP contribution in [0.3, 0.4) is 0 Å². The molecule has 5 nitrogen and oxygen atoms in total. The van der Waals surface area contributed by atoms with Crippen molar-refractivity contribution in [3.8, 4) is 5.69 Å². The van der Waals surface area contributed by atoms with Gasteiger partial charge in [0.15, 0.2) is 0 Å². The van der Waals surface area contributed by atoms with Crippen LogP contribution in [-0.4, -0.2) is 14.5 Å². The number of fused-ring (bicyclic) bond motifs is 2. The minimum absolute atomic E-state index is 0.165. The Hall–Kier alpha value is -3.28. The Morgan fingerprint density at radius 3 is 2.69 bits per heavy atom.